The summed E-state index contributed by atoms with van der Waals surface area (Å²) in [6.07, 6.45) is 0.481. The van der Waals surface area contributed by atoms with E-state index in [-0.39, 0.29) is 18.0 Å². The molecule has 0 unspecified atom stereocenters. The minimum absolute atomic E-state index is 0.0244. The van der Waals surface area contributed by atoms with Crippen molar-refractivity contribution in [3.63, 3.8) is 0 Å². The van der Waals surface area contributed by atoms with Crippen LogP contribution >= 0.6 is 0 Å². The Bertz CT molecular complexity index is 350. The Morgan fingerprint density at radius 1 is 1.53 bits per heavy atom. The van der Waals surface area contributed by atoms with Crippen LogP contribution in [0.3, 0.4) is 0 Å². The highest BCUT2D eigenvalue weighted by Gasteiger charge is 2.09. The average Bonchev–Trinajstić information content (AvgIpc) is 2.20. The first-order valence-corrected chi connectivity index (χ1v) is 4.69. The van der Waals surface area contributed by atoms with Gasteiger partial charge in [0.05, 0.1) is 12.2 Å². The van der Waals surface area contributed by atoms with E-state index in [1.165, 1.54) is 19.1 Å². The highest BCUT2D eigenvalue weighted by Crippen LogP contribution is 2.20. The van der Waals surface area contributed by atoms with Gasteiger partial charge in [-0.05, 0) is 25.1 Å². The predicted molar refractivity (Wildman–Crippen MR) is 53.6 cm³/mol. The Hall–Kier alpha value is -1.42. The molecule has 0 aromatic heterocycles. The van der Waals surface area contributed by atoms with Gasteiger partial charge in [-0.3, -0.25) is 4.79 Å². The lowest BCUT2D eigenvalue weighted by molar-refractivity contribution is 0.101. The molecule has 0 heterocycles. The van der Waals surface area contributed by atoms with Gasteiger partial charge in [-0.15, -0.1) is 0 Å². The van der Waals surface area contributed by atoms with E-state index in [4.69, 9.17) is 9.84 Å². The molecule has 0 aliphatic carbocycles. The van der Waals surface area contributed by atoms with Crippen molar-refractivity contribution in [1.82, 2.24) is 0 Å². The van der Waals surface area contributed by atoms with Crippen molar-refractivity contribution in [1.29, 1.82) is 0 Å². The molecule has 1 aromatic carbocycles. The second-order valence-corrected chi connectivity index (χ2v) is 3.12. The number of rotatable bonds is 5. The highest BCUT2D eigenvalue weighted by molar-refractivity contribution is 5.96. The molecule has 4 heteroatoms. The molecule has 0 saturated heterocycles. The van der Waals surface area contributed by atoms with Crippen molar-refractivity contribution in [2.45, 2.75) is 13.3 Å². The smallest absolute Gasteiger partial charge is 0.163 e. The van der Waals surface area contributed by atoms with Crippen LogP contribution in [0.25, 0.3) is 0 Å². The van der Waals surface area contributed by atoms with Gasteiger partial charge in [0, 0.05) is 13.0 Å². The Kier molecular flexibility index (Phi) is 4.24. The van der Waals surface area contributed by atoms with E-state index in [1.54, 1.807) is 0 Å². The van der Waals surface area contributed by atoms with Crippen LogP contribution in [0, 0.1) is 5.82 Å². The van der Waals surface area contributed by atoms with Crippen LogP contribution in [-0.2, 0) is 0 Å². The summed E-state index contributed by atoms with van der Waals surface area (Å²) in [6, 6.07) is 3.81. The number of aliphatic hydroxyl groups is 1. The maximum atomic E-state index is 12.8. The Morgan fingerprint density at radius 3 is 2.87 bits per heavy atom. The molecule has 82 valence electrons. The first-order chi connectivity index (χ1) is 7.15. The second-order valence-electron chi connectivity index (χ2n) is 3.12. The molecule has 1 N–H and O–H groups in total. The van der Waals surface area contributed by atoms with Crippen molar-refractivity contribution >= 4 is 5.78 Å². The van der Waals surface area contributed by atoms with Crippen molar-refractivity contribution in [2.24, 2.45) is 0 Å². The van der Waals surface area contributed by atoms with Crippen molar-refractivity contribution < 1.29 is 19.0 Å². The number of ether oxygens (including phenoxy) is 1. The molecule has 0 radical (unpaired) electrons. The molecule has 0 saturated carbocycles. The highest BCUT2D eigenvalue weighted by atomic mass is 19.1. The van der Waals surface area contributed by atoms with Gasteiger partial charge >= 0.3 is 0 Å². The molecule has 1 aromatic rings. The summed E-state index contributed by atoms with van der Waals surface area (Å²) in [6.45, 7) is 1.69. The molecule has 0 amide bonds. The summed E-state index contributed by atoms with van der Waals surface area (Å²) in [4.78, 5) is 11.2. The first kappa shape index (κ1) is 11.7. The van der Waals surface area contributed by atoms with Gasteiger partial charge in [0.15, 0.2) is 5.78 Å². The summed E-state index contributed by atoms with van der Waals surface area (Å²) in [5.74, 6) is -0.347. The number of halogens is 1. The molecule has 0 aliphatic heterocycles. The predicted octanol–water partition coefficient (Wildman–Crippen LogP) is 1.79. The minimum atomic E-state index is -0.463. The summed E-state index contributed by atoms with van der Waals surface area (Å²) in [7, 11) is 0. The Balaban J connectivity index is 2.81. The van der Waals surface area contributed by atoms with Gasteiger partial charge in [-0.25, -0.2) is 4.39 Å². The van der Waals surface area contributed by atoms with E-state index in [2.05, 4.69) is 0 Å². The molecular weight excluding hydrogens is 199 g/mol. The molecule has 0 atom stereocenters. The van der Waals surface area contributed by atoms with Crippen LogP contribution in [0.2, 0.25) is 0 Å². The number of Topliss-reactive ketones (excluding diaryl/α,β-unsaturated/α-hetero) is 1. The van der Waals surface area contributed by atoms with Gasteiger partial charge in [0.2, 0.25) is 0 Å². The maximum absolute atomic E-state index is 12.8. The van der Waals surface area contributed by atoms with Gasteiger partial charge in [-0.1, -0.05) is 0 Å². The zero-order valence-corrected chi connectivity index (χ0v) is 8.50. The number of benzene rings is 1. The molecule has 3 nitrogen and oxygen atoms in total. The largest absolute Gasteiger partial charge is 0.493 e. The van der Waals surface area contributed by atoms with Crippen molar-refractivity contribution in [3.05, 3.63) is 29.6 Å². The monoisotopic (exact) mass is 212 g/mol. The van der Waals surface area contributed by atoms with Crippen LogP contribution in [0.15, 0.2) is 18.2 Å². The van der Waals surface area contributed by atoms with E-state index < -0.39 is 5.82 Å². The topological polar surface area (TPSA) is 46.5 Å². The fraction of sp³-hybridized carbons (Fsp3) is 0.364. The van der Waals surface area contributed by atoms with E-state index in [0.29, 0.717) is 18.8 Å². The maximum Gasteiger partial charge on any atom is 0.163 e. The normalized spacial score (nSPS) is 10.1. The lowest BCUT2D eigenvalue weighted by Gasteiger charge is -2.08. The van der Waals surface area contributed by atoms with Crippen LogP contribution in [-0.4, -0.2) is 24.1 Å². The summed E-state index contributed by atoms with van der Waals surface area (Å²) in [5.41, 5.74) is 0.230. The zero-order chi connectivity index (χ0) is 11.3. The van der Waals surface area contributed by atoms with Crippen molar-refractivity contribution in [2.75, 3.05) is 13.2 Å². The van der Waals surface area contributed by atoms with Crippen LogP contribution in [0.5, 0.6) is 5.75 Å². The average molecular weight is 212 g/mol. The molecule has 0 spiro atoms. The lowest BCUT2D eigenvalue weighted by Crippen LogP contribution is -2.04. The molecule has 0 fully saturated rings. The van der Waals surface area contributed by atoms with Crippen LogP contribution in [0.4, 0.5) is 4.39 Å². The number of aliphatic hydroxyl groups excluding tert-OH is 1. The van der Waals surface area contributed by atoms with Gasteiger partial charge in [-0.2, -0.15) is 0 Å². The van der Waals surface area contributed by atoms with Crippen LogP contribution < -0.4 is 4.74 Å². The second kappa shape index (κ2) is 5.46. The molecule has 15 heavy (non-hydrogen) atoms. The summed E-state index contributed by atoms with van der Waals surface area (Å²) < 4.78 is 18.1. The quantitative estimate of drug-likeness (QED) is 0.598. The standard InChI is InChI=1S/C11H13FO3/c1-8(14)10-7-9(12)3-4-11(10)15-6-2-5-13/h3-4,7,13H,2,5-6H2,1H3. The number of hydrogen-bond acceptors (Lipinski definition) is 3. The molecule has 0 aliphatic rings. The van der Waals surface area contributed by atoms with Crippen molar-refractivity contribution in [3.8, 4) is 5.75 Å². The van der Waals surface area contributed by atoms with Gasteiger partial charge < -0.3 is 9.84 Å². The summed E-state index contributed by atoms with van der Waals surface area (Å²) >= 11 is 0. The number of carbonyl (C=O) groups is 1. The number of ketones is 1. The number of carbonyl (C=O) groups excluding carboxylic acids is 1. The first-order valence-electron chi connectivity index (χ1n) is 4.69. The number of hydrogen-bond donors (Lipinski definition) is 1. The molecular formula is C11H13FO3. The molecule has 0 bridgehead atoms. The van der Waals surface area contributed by atoms with Crippen LogP contribution in [0.1, 0.15) is 23.7 Å². The third-order valence-electron chi connectivity index (χ3n) is 1.88. The molecule has 1 rings (SSSR count). The lowest BCUT2D eigenvalue weighted by atomic mass is 10.1. The van der Waals surface area contributed by atoms with Gasteiger partial charge in [0.1, 0.15) is 11.6 Å². The fourth-order valence-electron chi connectivity index (χ4n) is 1.15. The third kappa shape index (κ3) is 3.32. The van der Waals surface area contributed by atoms with E-state index in [0.717, 1.165) is 6.07 Å². The van der Waals surface area contributed by atoms with Gasteiger partial charge in [0.25, 0.3) is 0 Å². The zero-order valence-electron chi connectivity index (χ0n) is 8.50. The Labute approximate surface area is 87.5 Å². The van der Waals surface area contributed by atoms with E-state index in [9.17, 15) is 9.18 Å². The fourth-order valence-corrected chi connectivity index (χ4v) is 1.15. The minimum Gasteiger partial charge on any atom is -0.493 e. The summed E-state index contributed by atoms with van der Waals surface area (Å²) in [5, 5.41) is 8.56. The third-order valence-corrected chi connectivity index (χ3v) is 1.88. The Morgan fingerprint density at radius 2 is 2.27 bits per heavy atom. The van der Waals surface area contributed by atoms with E-state index in [1.807, 2.05) is 0 Å². The SMILES string of the molecule is CC(=O)c1cc(F)ccc1OCCCO. The van der Waals surface area contributed by atoms with E-state index >= 15 is 0 Å².